The minimum absolute atomic E-state index is 0.0698. The summed E-state index contributed by atoms with van der Waals surface area (Å²) in [5.74, 6) is 0.883. The van der Waals surface area contributed by atoms with Crippen LogP contribution >= 0.6 is 27.7 Å². The van der Waals surface area contributed by atoms with Gasteiger partial charge in [0.1, 0.15) is 5.82 Å². The molecule has 0 saturated carbocycles. The zero-order chi connectivity index (χ0) is 17.3. The molecule has 2 aromatic rings. The fraction of sp³-hybridized carbons (Fsp3) is 0.412. The largest absolute Gasteiger partial charge is 0.310 e. The number of rotatable bonds is 4. The summed E-state index contributed by atoms with van der Waals surface area (Å²) in [6.45, 7) is 4.16. The van der Waals surface area contributed by atoms with Crippen LogP contribution in [0.25, 0.3) is 0 Å². The maximum Gasteiger partial charge on any atom is 0.270 e. The van der Waals surface area contributed by atoms with Crippen LogP contribution in [-0.4, -0.2) is 21.4 Å². The van der Waals surface area contributed by atoms with Crippen LogP contribution in [0, 0.1) is 0 Å². The summed E-state index contributed by atoms with van der Waals surface area (Å²) in [6.07, 6.45) is 1.78. The Morgan fingerprint density at radius 3 is 2.54 bits per heavy atom. The molecule has 1 aliphatic heterocycles. The number of nitrogens with zero attached hydrogens (tertiary/aromatic N) is 1. The molecule has 1 aliphatic rings. The summed E-state index contributed by atoms with van der Waals surface area (Å²) in [6, 6.07) is 8.07. The number of hydrogen-bond acceptors (Lipinski definition) is 3. The van der Waals surface area contributed by atoms with Gasteiger partial charge in [-0.3, -0.25) is 19.4 Å². The lowest BCUT2D eigenvalue weighted by atomic mass is 10.1. The van der Waals surface area contributed by atoms with E-state index in [1.165, 1.54) is 11.8 Å². The quantitative estimate of drug-likeness (QED) is 0.799. The van der Waals surface area contributed by atoms with Crippen molar-refractivity contribution in [2.75, 3.05) is 11.1 Å². The first-order valence-corrected chi connectivity index (χ1v) is 9.90. The van der Waals surface area contributed by atoms with E-state index >= 15 is 0 Å². The molecule has 24 heavy (non-hydrogen) atoms. The highest BCUT2D eigenvalue weighted by atomic mass is 79.9. The van der Waals surface area contributed by atoms with Crippen molar-refractivity contribution in [3.63, 3.8) is 0 Å². The Labute approximate surface area is 153 Å². The van der Waals surface area contributed by atoms with E-state index in [2.05, 4.69) is 40.2 Å². The molecule has 0 fully saturated rings. The minimum Gasteiger partial charge on any atom is -0.310 e. The summed E-state index contributed by atoms with van der Waals surface area (Å²) in [7, 11) is 0. The number of fused-ring (bicyclic) bond motifs is 1. The Balaban J connectivity index is 2.15. The number of aromatic amines is 1. The molecule has 2 heterocycles. The Morgan fingerprint density at radius 2 is 1.92 bits per heavy atom. The second kappa shape index (κ2) is 7.19. The van der Waals surface area contributed by atoms with Crippen molar-refractivity contribution in [1.29, 1.82) is 0 Å². The lowest BCUT2D eigenvalue weighted by molar-refractivity contribution is -0.113. The van der Waals surface area contributed by atoms with E-state index in [1.54, 1.807) is 0 Å². The van der Waals surface area contributed by atoms with E-state index in [9.17, 15) is 9.59 Å². The maximum atomic E-state index is 12.7. The van der Waals surface area contributed by atoms with Crippen molar-refractivity contribution in [3.8, 4) is 0 Å². The molecule has 1 amide bonds. The van der Waals surface area contributed by atoms with E-state index in [-0.39, 0.29) is 22.8 Å². The highest BCUT2D eigenvalue weighted by Crippen LogP contribution is 2.40. The Kier molecular flexibility index (Phi) is 5.20. The Hall–Kier alpha value is -1.47. The zero-order valence-electron chi connectivity index (χ0n) is 13.6. The molecule has 0 aliphatic carbocycles. The number of H-pyrrole nitrogens is 1. The Morgan fingerprint density at radius 1 is 1.25 bits per heavy atom. The van der Waals surface area contributed by atoms with E-state index in [1.807, 2.05) is 28.9 Å². The van der Waals surface area contributed by atoms with Gasteiger partial charge in [0, 0.05) is 4.47 Å². The molecule has 2 N–H and O–H groups in total. The van der Waals surface area contributed by atoms with Crippen LogP contribution in [0.2, 0.25) is 0 Å². The summed E-state index contributed by atoms with van der Waals surface area (Å²) in [5, 5.41) is 5.71. The fourth-order valence-corrected chi connectivity index (χ4v) is 4.46. The number of aromatic nitrogens is 2. The third-order valence-electron chi connectivity index (χ3n) is 4.34. The number of nitrogens with one attached hydrogen (secondary N) is 2. The average molecular weight is 410 g/mol. The molecular formula is C17H20BrN3O2S. The lowest BCUT2D eigenvalue weighted by Crippen LogP contribution is -2.19. The first kappa shape index (κ1) is 17.4. The van der Waals surface area contributed by atoms with Crippen molar-refractivity contribution in [3.05, 3.63) is 50.2 Å². The number of carbonyl (C=O) groups is 1. The number of hydrogen-bond donors (Lipinski definition) is 2. The van der Waals surface area contributed by atoms with Gasteiger partial charge < -0.3 is 5.32 Å². The predicted octanol–water partition coefficient (Wildman–Crippen LogP) is 4.07. The monoisotopic (exact) mass is 409 g/mol. The first-order valence-electron chi connectivity index (χ1n) is 8.06. The molecule has 0 radical (unpaired) electrons. The third kappa shape index (κ3) is 3.19. The third-order valence-corrected chi connectivity index (χ3v) is 6.14. The minimum atomic E-state index is -0.161. The number of halogens is 1. The van der Waals surface area contributed by atoms with Crippen LogP contribution in [0.4, 0.5) is 5.82 Å². The number of amides is 1. The van der Waals surface area contributed by atoms with Gasteiger partial charge in [-0.2, -0.15) is 0 Å². The second-order valence-electron chi connectivity index (χ2n) is 5.83. The van der Waals surface area contributed by atoms with Gasteiger partial charge >= 0.3 is 0 Å². The summed E-state index contributed by atoms with van der Waals surface area (Å²) in [4.78, 5) is 24.8. The molecule has 3 rings (SSSR count). The van der Waals surface area contributed by atoms with Gasteiger partial charge in [0.2, 0.25) is 5.91 Å². The van der Waals surface area contributed by atoms with Crippen molar-refractivity contribution < 1.29 is 4.79 Å². The molecule has 128 valence electrons. The lowest BCUT2D eigenvalue weighted by Gasteiger charge is -2.18. The fourth-order valence-electron chi connectivity index (χ4n) is 3.07. The molecule has 5 nitrogen and oxygen atoms in total. The van der Waals surface area contributed by atoms with Crippen molar-refractivity contribution in [2.45, 2.75) is 38.0 Å². The summed E-state index contributed by atoms with van der Waals surface area (Å²) < 4.78 is 2.83. The molecule has 0 saturated heterocycles. The van der Waals surface area contributed by atoms with Crippen LogP contribution < -0.4 is 10.9 Å². The number of benzene rings is 1. The molecule has 1 atom stereocenters. The van der Waals surface area contributed by atoms with Crippen molar-refractivity contribution >= 4 is 39.4 Å². The van der Waals surface area contributed by atoms with Crippen LogP contribution in [0.15, 0.2) is 33.5 Å². The number of carbonyl (C=O) groups excluding carboxylic acids is 1. The summed E-state index contributed by atoms with van der Waals surface area (Å²) >= 11 is 4.92. The topological polar surface area (TPSA) is 66.9 Å². The zero-order valence-corrected chi connectivity index (χ0v) is 16.0. The van der Waals surface area contributed by atoms with E-state index in [0.29, 0.717) is 17.1 Å². The molecule has 0 bridgehead atoms. The van der Waals surface area contributed by atoms with E-state index in [0.717, 1.165) is 22.9 Å². The molecule has 1 aromatic heterocycles. The predicted molar refractivity (Wildman–Crippen MR) is 102 cm³/mol. The molecular weight excluding hydrogens is 390 g/mol. The maximum absolute atomic E-state index is 12.7. The molecule has 1 aromatic carbocycles. The second-order valence-corrected chi connectivity index (χ2v) is 7.84. The number of anilines is 1. The van der Waals surface area contributed by atoms with Gasteiger partial charge in [0.25, 0.3) is 5.56 Å². The Bertz CT molecular complexity index is 793. The average Bonchev–Trinajstić information content (AvgIpc) is 2.77. The smallest absolute Gasteiger partial charge is 0.270 e. The number of thioether (sulfide) groups is 1. The van der Waals surface area contributed by atoms with Gasteiger partial charge in [0.05, 0.1) is 22.6 Å². The highest BCUT2D eigenvalue weighted by molar-refractivity contribution is 9.10. The van der Waals surface area contributed by atoms with Crippen molar-refractivity contribution in [2.24, 2.45) is 0 Å². The first-order chi connectivity index (χ1) is 11.5. The van der Waals surface area contributed by atoms with E-state index < -0.39 is 0 Å². The van der Waals surface area contributed by atoms with Crippen LogP contribution in [-0.2, 0) is 4.79 Å². The standard InChI is InChI=1S/C17H20BrN3O2S/c1-3-12(4-2)21-16-14(17(23)20-21)15(24-9-13(22)19-16)10-5-7-11(18)8-6-10/h5-8,12,15H,3-4,9H2,1-2H3,(H,19,22)(H,20,23)/t15-/m1/s1. The van der Waals surface area contributed by atoms with Crippen LogP contribution in [0.5, 0.6) is 0 Å². The van der Waals surface area contributed by atoms with Gasteiger partial charge in [-0.25, -0.2) is 0 Å². The van der Waals surface area contributed by atoms with Gasteiger partial charge in [-0.1, -0.05) is 41.9 Å². The normalized spacial score (nSPS) is 17.5. The van der Waals surface area contributed by atoms with E-state index in [4.69, 9.17) is 0 Å². The molecule has 0 unspecified atom stereocenters. The molecule has 7 heteroatoms. The molecule has 0 spiro atoms. The highest BCUT2D eigenvalue weighted by Gasteiger charge is 2.31. The van der Waals surface area contributed by atoms with Crippen LogP contribution in [0.3, 0.4) is 0 Å². The summed E-state index contributed by atoms with van der Waals surface area (Å²) in [5.41, 5.74) is 1.54. The SMILES string of the molecule is CCC(CC)n1[nH]c(=O)c2c1NC(=O)CS[C@@H]2c1ccc(Br)cc1. The van der Waals surface area contributed by atoms with Gasteiger partial charge in [-0.05, 0) is 30.5 Å². The van der Waals surface area contributed by atoms with Crippen LogP contribution in [0.1, 0.15) is 49.1 Å². The van der Waals surface area contributed by atoms with Gasteiger partial charge in [-0.15, -0.1) is 11.8 Å². The van der Waals surface area contributed by atoms with Gasteiger partial charge in [0.15, 0.2) is 0 Å². The van der Waals surface area contributed by atoms with Crippen molar-refractivity contribution in [1.82, 2.24) is 9.78 Å².